The summed E-state index contributed by atoms with van der Waals surface area (Å²) in [6.45, 7) is 6.12. The van der Waals surface area contributed by atoms with E-state index in [0.29, 0.717) is 93.0 Å². The molecule has 41 heavy (non-hydrogen) atoms. The van der Waals surface area contributed by atoms with Crippen molar-refractivity contribution in [3.05, 3.63) is 42.6 Å². The third kappa shape index (κ3) is 5.81. The molecule has 0 unspecified atom stereocenters. The molecule has 214 valence electrons. The van der Waals surface area contributed by atoms with Crippen LogP contribution >= 0.6 is 0 Å². The highest BCUT2D eigenvalue weighted by atomic mass is 16.6. The van der Waals surface area contributed by atoms with Crippen LogP contribution in [0.15, 0.2) is 47.0 Å². The molecule has 2 aliphatic heterocycles. The maximum atomic E-state index is 13.1. The largest absolute Gasteiger partial charge is 0.449 e. The third-order valence-corrected chi connectivity index (χ3v) is 7.62. The number of nitrogens with one attached hydrogen (secondary N) is 1. The first-order valence-electron chi connectivity index (χ1n) is 14.3. The van der Waals surface area contributed by atoms with E-state index in [4.69, 9.17) is 23.9 Å². The van der Waals surface area contributed by atoms with Crippen LogP contribution in [0.5, 0.6) is 0 Å². The number of hydrogen-bond donors (Lipinski definition) is 1. The summed E-state index contributed by atoms with van der Waals surface area (Å²) in [5.74, 6) is 1.01. The highest BCUT2D eigenvalue weighted by Gasteiger charge is 2.28. The molecule has 11 nitrogen and oxygen atoms in total. The summed E-state index contributed by atoms with van der Waals surface area (Å²) in [4.78, 5) is 43.4. The first-order chi connectivity index (χ1) is 20.1. The van der Waals surface area contributed by atoms with Crippen molar-refractivity contribution in [3.63, 3.8) is 0 Å². The van der Waals surface area contributed by atoms with E-state index < -0.39 is 0 Å². The molecule has 11 heteroatoms. The molecule has 0 saturated carbocycles. The lowest BCUT2D eigenvalue weighted by Crippen LogP contribution is -2.41. The Labute approximate surface area is 237 Å². The summed E-state index contributed by atoms with van der Waals surface area (Å²) >= 11 is 0. The maximum absolute atomic E-state index is 13.1. The Morgan fingerprint density at radius 2 is 1.90 bits per heavy atom. The van der Waals surface area contributed by atoms with Crippen LogP contribution in [0, 0.1) is 5.92 Å². The van der Waals surface area contributed by atoms with Gasteiger partial charge in [-0.3, -0.25) is 4.79 Å². The van der Waals surface area contributed by atoms with Crippen LogP contribution in [0.25, 0.3) is 33.6 Å². The van der Waals surface area contributed by atoms with E-state index in [1.54, 1.807) is 11.1 Å². The number of unbranched alkanes of at least 4 members (excludes halogenated alkanes) is 1. The SMILES string of the molecule is CCCCOC(=O)N1CCC(C(=O)Nc2cccc(-c3nc(N4CCOCC4)c4oc5ncccc5c4n3)c2)CC1. The fourth-order valence-electron chi connectivity index (χ4n) is 5.28. The minimum Gasteiger partial charge on any atom is -0.449 e. The number of nitrogens with zero attached hydrogens (tertiary/aromatic N) is 5. The number of amides is 2. The van der Waals surface area contributed by atoms with Crippen molar-refractivity contribution in [2.75, 3.05) is 56.2 Å². The number of aromatic nitrogens is 3. The van der Waals surface area contributed by atoms with Gasteiger partial charge in [0.25, 0.3) is 0 Å². The number of morpholine rings is 1. The first kappa shape index (κ1) is 26.9. The molecule has 0 bridgehead atoms. The van der Waals surface area contributed by atoms with Gasteiger partial charge in [0.2, 0.25) is 11.6 Å². The molecule has 3 aromatic heterocycles. The Morgan fingerprint density at radius 1 is 1.07 bits per heavy atom. The maximum Gasteiger partial charge on any atom is 0.409 e. The Balaban J connectivity index is 1.20. The number of benzene rings is 1. The van der Waals surface area contributed by atoms with Crippen LogP contribution in [0.1, 0.15) is 32.6 Å². The van der Waals surface area contributed by atoms with Crippen LogP contribution < -0.4 is 10.2 Å². The average molecular weight is 559 g/mol. The molecule has 0 aliphatic carbocycles. The van der Waals surface area contributed by atoms with Crippen molar-refractivity contribution >= 4 is 45.7 Å². The Morgan fingerprint density at radius 3 is 2.71 bits per heavy atom. The van der Waals surface area contributed by atoms with Crippen LogP contribution in [-0.2, 0) is 14.3 Å². The monoisotopic (exact) mass is 558 g/mol. The van der Waals surface area contributed by atoms with Crippen molar-refractivity contribution in [1.29, 1.82) is 0 Å². The van der Waals surface area contributed by atoms with Crippen molar-refractivity contribution < 1.29 is 23.5 Å². The van der Waals surface area contributed by atoms with Gasteiger partial charge >= 0.3 is 6.09 Å². The summed E-state index contributed by atoms with van der Waals surface area (Å²) in [5, 5.41) is 3.89. The van der Waals surface area contributed by atoms with E-state index in [1.165, 1.54) is 0 Å². The number of likely N-dealkylation sites (tertiary alicyclic amines) is 1. The van der Waals surface area contributed by atoms with E-state index in [9.17, 15) is 9.59 Å². The van der Waals surface area contributed by atoms with Crippen molar-refractivity contribution in [3.8, 4) is 11.4 Å². The predicted molar refractivity (Wildman–Crippen MR) is 155 cm³/mol. The molecule has 1 N–H and O–H groups in total. The van der Waals surface area contributed by atoms with Crippen LogP contribution in [-0.4, -0.2) is 77.9 Å². The van der Waals surface area contributed by atoms with Gasteiger partial charge in [0.15, 0.2) is 17.2 Å². The Kier molecular flexibility index (Phi) is 7.95. The molecule has 1 aromatic carbocycles. The summed E-state index contributed by atoms with van der Waals surface area (Å²) in [6, 6.07) is 11.4. The van der Waals surface area contributed by atoms with Gasteiger partial charge in [-0.25, -0.2) is 19.7 Å². The van der Waals surface area contributed by atoms with E-state index in [2.05, 4.69) is 22.1 Å². The molecule has 2 amide bonds. The molecular weight excluding hydrogens is 524 g/mol. The minimum atomic E-state index is -0.292. The topological polar surface area (TPSA) is 123 Å². The van der Waals surface area contributed by atoms with Crippen molar-refractivity contribution in [2.24, 2.45) is 5.92 Å². The van der Waals surface area contributed by atoms with Gasteiger partial charge < -0.3 is 29.0 Å². The molecule has 0 spiro atoms. The van der Waals surface area contributed by atoms with Gasteiger partial charge in [0.05, 0.1) is 25.2 Å². The first-order valence-corrected chi connectivity index (χ1v) is 14.3. The zero-order chi connectivity index (χ0) is 28.2. The molecule has 4 aromatic rings. The lowest BCUT2D eigenvalue weighted by molar-refractivity contribution is -0.121. The molecule has 2 fully saturated rings. The molecule has 0 radical (unpaired) electrons. The van der Waals surface area contributed by atoms with E-state index >= 15 is 0 Å². The number of piperidine rings is 1. The number of rotatable bonds is 7. The highest BCUT2D eigenvalue weighted by molar-refractivity contribution is 6.05. The number of furan rings is 1. The number of anilines is 2. The summed E-state index contributed by atoms with van der Waals surface area (Å²) in [7, 11) is 0. The number of hydrogen-bond acceptors (Lipinski definition) is 9. The lowest BCUT2D eigenvalue weighted by atomic mass is 9.96. The minimum absolute atomic E-state index is 0.0570. The van der Waals surface area contributed by atoms with Crippen molar-refractivity contribution in [1.82, 2.24) is 19.9 Å². The molecule has 5 heterocycles. The zero-order valence-electron chi connectivity index (χ0n) is 23.2. The quantitative estimate of drug-likeness (QED) is 0.317. The average Bonchev–Trinajstić information content (AvgIpc) is 3.40. The third-order valence-electron chi connectivity index (χ3n) is 7.62. The normalized spacial score (nSPS) is 16.3. The fourth-order valence-corrected chi connectivity index (χ4v) is 5.28. The Hall–Kier alpha value is -4.25. The second-order valence-electron chi connectivity index (χ2n) is 10.4. The van der Waals surface area contributed by atoms with Crippen LogP contribution in [0.3, 0.4) is 0 Å². The zero-order valence-corrected chi connectivity index (χ0v) is 23.2. The number of pyridine rings is 1. The van der Waals surface area contributed by atoms with Gasteiger partial charge in [-0.2, -0.15) is 0 Å². The van der Waals surface area contributed by atoms with Crippen molar-refractivity contribution in [2.45, 2.75) is 32.6 Å². The van der Waals surface area contributed by atoms with E-state index in [1.807, 2.05) is 36.4 Å². The highest BCUT2D eigenvalue weighted by Crippen LogP contribution is 2.35. The summed E-state index contributed by atoms with van der Waals surface area (Å²) < 4.78 is 17.0. The van der Waals surface area contributed by atoms with Gasteiger partial charge in [-0.05, 0) is 43.5 Å². The second-order valence-corrected chi connectivity index (χ2v) is 10.4. The van der Waals surface area contributed by atoms with E-state index in [0.717, 1.165) is 23.8 Å². The standard InChI is InChI=1S/C30H34N6O5/c1-2-3-16-40-30(38)36-12-9-20(10-13-36)28(37)32-22-7-4-6-21(19-22)26-33-24-23-8-5-11-31-29(23)41-25(24)27(34-26)35-14-17-39-18-15-35/h4-8,11,19-20H,2-3,9-10,12-18H2,1H3,(H,32,37). The summed E-state index contributed by atoms with van der Waals surface area (Å²) in [6.07, 6.45) is 4.43. The Bertz CT molecular complexity index is 1540. The van der Waals surface area contributed by atoms with Crippen LogP contribution in [0.2, 0.25) is 0 Å². The predicted octanol–water partition coefficient (Wildman–Crippen LogP) is 4.86. The molecule has 0 atom stereocenters. The second kappa shape index (κ2) is 12.1. The van der Waals surface area contributed by atoms with Gasteiger partial charge in [-0.1, -0.05) is 25.5 Å². The molecule has 2 aliphatic rings. The molecule has 2 saturated heterocycles. The van der Waals surface area contributed by atoms with E-state index in [-0.39, 0.29) is 17.9 Å². The lowest BCUT2D eigenvalue weighted by Gasteiger charge is -2.30. The summed E-state index contributed by atoms with van der Waals surface area (Å²) in [5.41, 5.74) is 3.28. The van der Waals surface area contributed by atoms with Crippen LogP contribution in [0.4, 0.5) is 16.3 Å². The van der Waals surface area contributed by atoms with Gasteiger partial charge in [-0.15, -0.1) is 0 Å². The molecular formula is C30H34N6O5. The molecule has 6 rings (SSSR count). The van der Waals surface area contributed by atoms with Gasteiger partial charge in [0, 0.05) is 49.5 Å². The number of fused-ring (bicyclic) bond motifs is 3. The number of carbonyl (C=O) groups excluding carboxylic acids is 2. The number of ether oxygens (including phenoxy) is 2. The van der Waals surface area contributed by atoms with Gasteiger partial charge in [0.1, 0.15) is 5.52 Å². The smallest absolute Gasteiger partial charge is 0.409 e. The fraction of sp³-hybridized carbons (Fsp3) is 0.433. The number of carbonyl (C=O) groups is 2.